The number of hydrogen-bond acceptors (Lipinski definition) is 7. The molecule has 1 atom stereocenters. The van der Waals surface area contributed by atoms with Gasteiger partial charge in [-0.25, -0.2) is 4.98 Å². The predicted octanol–water partition coefficient (Wildman–Crippen LogP) is 5.24. The number of fused-ring (bicyclic) bond motifs is 1. The zero-order chi connectivity index (χ0) is 24.2. The zero-order valence-electron chi connectivity index (χ0n) is 19.8. The summed E-state index contributed by atoms with van der Waals surface area (Å²) in [6.45, 7) is 5.13. The summed E-state index contributed by atoms with van der Waals surface area (Å²) >= 11 is 1.66. The first-order valence-electron chi connectivity index (χ1n) is 11.6. The van der Waals surface area contributed by atoms with Crippen LogP contribution in [0, 0.1) is 6.92 Å². The van der Waals surface area contributed by atoms with Crippen LogP contribution in [-0.2, 0) is 9.53 Å². The van der Waals surface area contributed by atoms with Crippen LogP contribution in [-0.4, -0.2) is 44.3 Å². The highest BCUT2D eigenvalue weighted by Gasteiger charge is 2.23. The van der Waals surface area contributed by atoms with Gasteiger partial charge in [0.15, 0.2) is 5.13 Å². The number of methoxy groups -OCH3 is 1. The largest absolute Gasteiger partial charge is 0.495 e. The molecule has 4 aromatic rings. The number of aromatic nitrogens is 1. The highest BCUT2D eigenvalue weighted by molar-refractivity contribution is 7.22. The van der Waals surface area contributed by atoms with E-state index in [4.69, 9.17) is 14.5 Å². The lowest BCUT2D eigenvalue weighted by atomic mass is 10.1. The third-order valence-corrected chi connectivity index (χ3v) is 7.06. The van der Waals surface area contributed by atoms with Crippen LogP contribution in [0.25, 0.3) is 10.2 Å². The van der Waals surface area contributed by atoms with E-state index in [2.05, 4.69) is 21.6 Å². The molecule has 1 aromatic heterocycles. The van der Waals surface area contributed by atoms with Gasteiger partial charge in [0, 0.05) is 18.8 Å². The number of hydrogen-bond donors (Lipinski definition) is 2. The summed E-state index contributed by atoms with van der Waals surface area (Å²) in [6.07, 6.45) is 0. The van der Waals surface area contributed by atoms with E-state index in [1.54, 1.807) is 18.4 Å². The second kappa shape index (κ2) is 10.3. The lowest BCUT2D eigenvalue weighted by Crippen LogP contribution is -2.36. The topological polar surface area (TPSA) is 75.7 Å². The highest BCUT2D eigenvalue weighted by Crippen LogP contribution is 2.33. The number of carbonyl (C=O) groups excluding carboxylic acids is 1. The molecular formula is C27H28N4O3S. The molecule has 0 spiro atoms. The molecule has 8 heteroatoms. The Labute approximate surface area is 208 Å². The third kappa shape index (κ3) is 5.23. The van der Waals surface area contributed by atoms with E-state index in [-0.39, 0.29) is 5.91 Å². The van der Waals surface area contributed by atoms with Crippen molar-refractivity contribution in [3.63, 3.8) is 0 Å². The van der Waals surface area contributed by atoms with Crippen LogP contribution in [0.4, 0.5) is 16.5 Å². The van der Waals surface area contributed by atoms with Gasteiger partial charge in [-0.2, -0.15) is 0 Å². The number of carbonyl (C=O) groups is 1. The van der Waals surface area contributed by atoms with Gasteiger partial charge in [-0.1, -0.05) is 47.7 Å². The van der Waals surface area contributed by atoms with Crippen molar-refractivity contribution in [3.05, 3.63) is 77.9 Å². The number of aryl methyl sites for hydroxylation is 1. The van der Waals surface area contributed by atoms with E-state index >= 15 is 0 Å². The maximum Gasteiger partial charge on any atom is 0.251 e. The molecule has 3 aromatic carbocycles. The summed E-state index contributed by atoms with van der Waals surface area (Å²) in [5, 5.41) is 7.50. The normalized spacial score (nSPS) is 14.5. The first-order chi connectivity index (χ1) is 17.1. The first kappa shape index (κ1) is 23.1. The molecule has 1 aliphatic rings. The lowest BCUT2D eigenvalue weighted by Gasteiger charge is -2.25. The summed E-state index contributed by atoms with van der Waals surface area (Å²) in [7, 11) is 1.60. The summed E-state index contributed by atoms with van der Waals surface area (Å²) in [4.78, 5) is 20.6. The van der Waals surface area contributed by atoms with Gasteiger partial charge in [-0.15, -0.1) is 0 Å². The predicted molar refractivity (Wildman–Crippen MR) is 142 cm³/mol. The van der Waals surface area contributed by atoms with E-state index < -0.39 is 6.04 Å². The number of rotatable bonds is 7. The van der Waals surface area contributed by atoms with Crippen LogP contribution in [0.3, 0.4) is 0 Å². The van der Waals surface area contributed by atoms with Gasteiger partial charge >= 0.3 is 0 Å². The summed E-state index contributed by atoms with van der Waals surface area (Å²) in [6, 6.07) is 20.9. The van der Waals surface area contributed by atoms with Crippen molar-refractivity contribution in [2.75, 3.05) is 48.9 Å². The Balaban J connectivity index is 1.42. The minimum atomic E-state index is -0.592. The van der Waals surface area contributed by atoms with Crippen LogP contribution >= 0.6 is 11.3 Å². The molecule has 0 saturated carbocycles. The van der Waals surface area contributed by atoms with Crippen molar-refractivity contribution in [1.29, 1.82) is 0 Å². The second-order valence-electron chi connectivity index (χ2n) is 8.46. The molecule has 1 aliphatic heterocycles. The maximum atomic E-state index is 13.5. The van der Waals surface area contributed by atoms with Gasteiger partial charge in [0.2, 0.25) is 0 Å². The van der Waals surface area contributed by atoms with Crippen LogP contribution in [0.2, 0.25) is 0 Å². The van der Waals surface area contributed by atoms with Gasteiger partial charge < -0.3 is 25.0 Å². The quantitative estimate of drug-likeness (QED) is 0.371. The number of ether oxygens (including phenoxy) is 2. The van der Waals surface area contributed by atoms with Gasteiger partial charge in [0.1, 0.15) is 11.8 Å². The molecule has 0 aliphatic carbocycles. The second-order valence-corrected chi connectivity index (χ2v) is 9.47. The Bertz CT molecular complexity index is 1320. The van der Waals surface area contributed by atoms with Gasteiger partial charge in [-0.3, -0.25) is 4.79 Å². The standard InChI is InChI=1S/C27H28N4O3S/c1-18-8-11-23(33-2)22(16-18)29-26(32)25(19-6-4-3-5-7-19)28-20-9-10-21-24(17-20)35-27(30-21)31-12-14-34-15-13-31/h3-11,16-17,25,28H,12-15H2,1-2H3,(H,29,32)/t25-/m0/s1. The number of morpholine rings is 1. The van der Waals surface area contributed by atoms with E-state index in [1.807, 2.05) is 67.6 Å². The van der Waals surface area contributed by atoms with Gasteiger partial charge in [0.25, 0.3) is 5.91 Å². The fourth-order valence-electron chi connectivity index (χ4n) is 4.13. The van der Waals surface area contributed by atoms with Crippen LogP contribution in [0.15, 0.2) is 66.7 Å². The number of thiazole rings is 1. The van der Waals surface area contributed by atoms with Crippen molar-refractivity contribution in [2.24, 2.45) is 0 Å². The fourth-order valence-corrected chi connectivity index (χ4v) is 5.19. The summed E-state index contributed by atoms with van der Waals surface area (Å²) in [5.74, 6) is 0.455. The average Bonchev–Trinajstić information content (AvgIpc) is 3.32. The molecule has 1 amide bonds. The van der Waals surface area contributed by atoms with Crippen LogP contribution in [0.5, 0.6) is 5.75 Å². The van der Waals surface area contributed by atoms with Crippen LogP contribution < -0.4 is 20.3 Å². The molecule has 5 rings (SSSR count). The number of nitrogens with one attached hydrogen (secondary N) is 2. The molecular weight excluding hydrogens is 460 g/mol. The monoisotopic (exact) mass is 488 g/mol. The average molecular weight is 489 g/mol. The molecule has 2 heterocycles. The molecule has 180 valence electrons. The Hall–Kier alpha value is -3.62. The van der Waals surface area contributed by atoms with Gasteiger partial charge in [-0.05, 0) is 48.4 Å². The Morgan fingerprint density at radius 3 is 2.66 bits per heavy atom. The van der Waals surface area contributed by atoms with Crippen molar-refractivity contribution < 1.29 is 14.3 Å². The summed E-state index contributed by atoms with van der Waals surface area (Å²) < 4.78 is 12.0. The highest BCUT2D eigenvalue weighted by atomic mass is 32.1. The number of benzene rings is 3. The van der Waals surface area contributed by atoms with E-state index in [0.29, 0.717) is 11.4 Å². The van der Waals surface area contributed by atoms with E-state index in [0.717, 1.165) is 58.5 Å². The molecule has 1 saturated heterocycles. The number of anilines is 3. The molecule has 0 unspecified atom stereocenters. The molecule has 0 radical (unpaired) electrons. The molecule has 35 heavy (non-hydrogen) atoms. The SMILES string of the molecule is COc1ccc(C)cc1NC(=O)[C@@H](Nc1ccc2nc(N3CCOCC3)sc2c1)c1ccccc1. The minimum Gasteiger partial charge on any atom is -0.495 e. The fraction of sp³-hybridized carbons (Fsp3) is 0.259. The summed E-state index contributed by atoms with van der Waals surface area (Å²) in [5.41, 5.74) is 4.36. The molecule has 7 nitrogen and oxygen atoms in total. The number of amides is 1. The van der Waals surface area contributed by atoms with Crippen molar-refractivity contribution in [1.82, 2.24) is 4.98 Å². The molecule has 2 N–H and O–H groups in total. The Morgan fingerprint density at radius 2 is 1.89 bits per heavy atom. The first-order valence-corrected chi connectivity index (χ1v) is 12.4. The van der Waals surface area contributed by atoms with Crippen LogP contribution in [0.1, 0.15) is 17.2 Å². The van der Waals surface area contributed by atoms with E-state index in [1.165, 1.54) is 0 Å². The zero-order valence-corrected chi connectivity index (χ0v) is 20.6. The number of nitrogens with zero attached hydrogens (tertiary/aromatic N) is 2. The van der Waals surface area contributed by atoms with E-state index in [9.17, 15) is 4.79 Å². The Morgan fingerprint density at radius 1 is 1.09 bits per heavy atom. The van der Waals surface area contributed by atoms with Gasteiger partial charge in [0.05, 0.1) is 36.2 Å². The van der Waals surface area contributed by atoms with Crippen molar-refractivity contribution in [3.8, 4) is 5.75 Å². The van der Waals surface area contributed by atoms with Crippen molar-refractivity contribution in [2.45, 2.75) is 13.0 Å². The minimum absolute atomic E-state index is 0.168. The Kier molecular flexibility index (Phi) is 6.83. The molecule has 0 bridgehead atoms. The smallest absolute Gasteiger partial charge is 0.251 e. The maximum absolute atomic E-state index is 13.5. The molecule has 1 fully saturated rings. The van der Waals surface area contributed by atoms with Crippen molar-refractivity contribution >= 4 is 44.0 Å². The third-order valence-electron chi connectivity index (χ3n) is 5.98. The lowest BCUT2D eigenvalue weighted by molar-refractivity contribution is -0.117.